The molecule has 0 amide bonds. The van der Waals surface area contributed by atoms with Crippen LogP contribution in [0, 0.1) is 11.3 Å². The highest BCUT2D eigenvalue weighted by Gasteiger charge is 2.29. The molecule has 2 atom stereocenters. The van der Waals surface area contributed by atoms with Crippen LogP contribution in [0.2, 0.25) is 0 Å². The van der Waals surface area contributed by atoms with Gasteiger partial charge in [-0.2, -0.15) is 0 Å². The fourth-order valence-electron chi connectivity index (χ4n) is 3.01. The number of hydrogen-bond donors (Lipinski definition) is 2. The molecule has 0 aromatic carbocycles. The Balaban J connectivity index is 2.15. The van der Waals surface area contributed by atoms with Gasteiger partial charge in [-0.05, 0) is 63.5 Å². The van der Waals surface area contributed by atoms with Crippen LogP contribution in [0.25, 0.3) is 0 Å². The largest absolute Gasteiger partial charge is 0.374 e. The molecular formula is C16H34N2O. The first-order chi connectivity index (χ1) is 8.87. The summed E-state index contributed by atoms with van der Waals surface area (Å²) in [6, 6.07) is 0. The van der Waals surface area contributed by atoms with E-state index in [9.17, 15) is 0 Å². The van der Waals surface area contributed by atoms with E-state index in [1.807, 2.05) is 0 Å². The van der Waals surface area contributed by atoms with Crippen molar-refractivity contribution in [2.24, 2.45) is 17.1 Å². The Morgan fingerprint density at radius 2 is 2.05 bits per heavy atom. The minimum absolute atomic E-state index is 0.0840. The molecule has 19 heavy (non-hydrogen) atoms. The van der Waals surface area contributed by atoms with Crippen molar-refractivity contribution in [1.82, 2.24) is 5.32 Å². The van der Waals surface area contributed by atoms with Gasteiger partial charge in [-0.1, -0.05) is 20.8 Å². The first-order valence-electron chi connectivity index (χ1n) is 7.92. The van der Waals surface area contributed by atoms with Crippen LogP contribution in [0.1, 0.15) is 59.8 Å². The van der Waals surface area contributed by atoms with Crippen LogP contribution in [0.4, 0.5) is 0 Å². The van der Waals surface area contributed by atoms with Crippen LogP contribution in [0.5, 0.6) is 0 Å². The number of nitrogens with one attached hydrogen (secondary N) is 1. The van der Waals surface area contributed by atoms with Gasteiger partial charge < -0.3 is 15.8 Å². The van der Waals surface area contributed by atoms with E-state index < -0.39 is 0 Å². The monoisotopic (exact) mass is 270 g/mol. The molecule has 1 heterocycles. The smallest absolute Gasteiger partial charge is 0.0779 e. The minimum Gasteiger partial charge on any atom is -0.374 e. The molecule has 0 spiro atoms. The third-order valence-corrected chi connectivity index (χ3v) is 4.45. The van der Waals surface area contributed by atoms with E-state index in [2.05, 4.69) is 33.0 Å². The molecule has 1 fully saturated rings. The highest BCUT2D eigenvalue weighted by atomic mass is 16.5. The first-order valence-corrected chi connectivity index (χ1v) is 7.92. The van der Waals surface area contributed by atoms with Crippen LogP contribution in [0.3, 0.4) is 0 Å². The summed E-state index contributed by atoms with van der Waals surface area (Å²) in [5, 5.41) is 3.56. The Bertz CT molecular complexity index is 242. The van der Waals surface area contributed by atoms with Gasteiger partial charge in [-0.3, -0.25) is 0 Å². The van der Waals surface area contributed by atoms with Crippen molar-refractivity contribution in [2.45, 2.75) is 65.4 Å². The van der Waals surface area contributed by atoms with E-state index in [4.69, 9.17) is 10.5 Å². The predicted molar refractivity (Wildman–Crippen MR) is 82.3 cm³/mol. The van der Waals surface area contributed by atoms with Crippen molar-refractivity contribution in [2.75, 3.05) is 26.2 Å². The minimum atomic E-state index is 0.0840. The number of ether oxygens (including phenoxy) is 1. The lowest BCUT2D eigenvalue weighted by Crippen LogP contribution is -2.37. The number of rotatable bonds is 8. The quantitative estimate of drug-likeness (QED) is 0.667. The maximum atomic E-state index is 5.78. The summed E-state index contributed by atoms with van der Waals surface area (Å²) >= 11 is 0. The highest BCUT2D eigenvalue weighted by Crippen LogP contribution is 2.32. The van der Waals surface area contributed by atoms with E-state index in [0.717, 1.165) is 38.6 Å². The van der Waals surface area contributed by atoms with E-state index in [1.54, 1.807) is 0 Å². The molecule has 2 unspecified atom stereocenters. The van der Waals surface area contributed by atoms with Crippen molar-refractivity contribution < 1.29 is 4.74 Å². The molecule has 0 saturated carbocycles. The Kier molecular flexibility index (Phi) is 6.78. The van der Waals surface area contributed by atoms with Crippen molar-refractivity contribution >= 4 is 0 Å². The summed E-state index contributed by atoms with van der Waals surface area (Å²) < 4.78 is 5.78. The zero-order valence-electron chi connectivity index (χ0n) is 13.4. The third kappa shape index (κ3) is 6.24. The molecule has 0 radical (unpaired) electrons. The maximum Gasteiger partial charge on any atom is 0.0779 e. The zero-order valence-corrected chi connectivity index (χ0v) is 13.4. The summed E-state index contributed by atoms with van der Waals surface area (Å²) in [5.41, 5.74) is 6.18. The van der Waals surface area contributed by atoms with Gasteiger partial charge in [-0.25, -0.2) is 0 Å². The van der Waals surface area contributed by atoms with Gasteiger partial charge in [0.1, 0.15) is 0 Å². The molecule has 1 aliphatic rings. The second-order valence-corrected chi connectivity index (χ2v) is 7.36. The van der Waals surface area contributed by atoms with Crippen molar-refractivity contribution in [3.8, 4) is 0 Å². The molecular weight excluding hydrogens is 236 g/mol. The van der Waals surface area contributed by atoms with Gasteiger partial charge in [-0.15, -0.1) is 0 Å². The highest BCUT2D eigenvalue weighted by molar-refractivity contribution is 4.82. The van der Waals surface area contributed by atoms with Crippen LogP contribution in [-0.4, -0.2) is 31.8 Å². The van der Waals surface area contributed by atoms with Crippen molar-refractivity contribution in [1.29, 1.82) is 0 Å². The van der Waals surface area contributed by atoms with Crippen LogP contribution in [0.15, 0.2) is 0 Å². The standard InChI is InChI=1S/C16H34N2O/c1-15(2,3)14(8-10-17)7-5-11-18-13-16(4)9-6-12-19-16/h14,18H,5-13,17H2,1-4H3. The molecule has 3 N–H and O–H groups in total. The molecule has 0 bridgehead atoms. The Labute approximate surface area is 119 Å². The summed E-state index contributed by atoms with van der Waals surface area (Å²) in [4.78, 5) is 0. The molecule has 1 aliphatic heterocycles. The fourth-order valence-corrected chi connectivity index (χ4v) is 3.01. The molecule has 0 aromatic rings. The van der Waals surface area contributed by atoms with E-state index in [1.165, 1.54) is 25.7 Å². The van der Waals surface area contributed by atoms with Crippen LogP contribution in [-0.2, 0) is 4.74 Å². The van der Waals surface area contributed by atoms with Crippen molar-refractivity contribution in [3.05, 3.63) is 0 Å². The summed E-state index contributed by atoms with van der Waals surface area (Å²) in [7, 11) is 0. The average molecular weight is 270 g/mol. The lowest BCUT2D eigenvalue weighted by Gasteiger charge is -2.31. The SMILES string of the molecule is CC1(CNCCCC(CCN)C(C)(C)C)CCCO1. The fraction of sp³-hybridized carbons (Fsp3) is 1.00. The summed E-state index contributed by atoms with van der Waals surface area (Å²) in [6.07, 6.45) is 6.05. The Morgan fingerprint density at radius 1 is 1.32 bits per heavy atom. The van der Waals surface area contributed by atoms with Gasteiger partial charge in [0, 0.05) is 13.2 Å². The van der Waals surface area contributed by atoms with Gasteiger partial charge >= 0.3 is 0 Å². The van der Waals surface area contributed by atoms with Gasteiger partial charge in [0.25, 0.3) is 0 Å². The number of nitrogens with two attached hydrogens (primary N) is 1. The normalized spacial score (nSPS) is 25.7. The lowest BCUT2D eigenvalue weighted by atomic mass is 9.76. The second-order valence-electron chi connectivity index (χ2n) is 7.36. The van der Waals surface area contributed by atoms with Crippen molar-refractivity contribution in [3.63, 3.8) is 0 Å². The Morgan fingerprint density at radius 3 is 2.58 bits per heavy atom. The van der Waals surface area contributed by atoms with E-state index >= 15 is 0 Å². The molecule has 1 rings (SSSR count). The van der Waals surface area contributed by atoms with Gasteiger partial charge in [0.15, 0.2) is 0 Å². The lowest BCUT2D eigenvalue weighted by molar-refractivity contribution is 0.0208. The van der Waals surface area contributed by atoms with E-state index in [0.29, 0.717) is 5.41 Å². The average Bonchev–Trinajstić information content (AvgIpc) is 2.73. The molecule has 0 aliphatic carbocycles. The third-order valence-electron chi connectivity index (χ3n) is 4.45. The second kappa shape index (κ2) is 7.61. The van der Waals surface area contributed by atoms with Crippen LogP contribution < -0.4 is 11.1 Å². The number of hydrogen-bond acceptors (Lipinski definition) is 3. The maximum absolute atomic E-state index is 5.78. The van der Waals surface area contributed by atoms with Gasteiger partial charge in [0.2, 0.25) is 0 Å². The molecule has 3 nitrogen and oxygen atoms in total. The molecule has 0 aromatic heterocycles. The summed E-state index contributed by atoms with van der Waals surface area (Å²) in [5.74, 6) is 0.734. The summed E-state index contributed by atoms with van der Waals surface area (Å²) in [6.45, 7) is 13.0. The predicted octanol–water partition coefficient (Wildman–Crippen LogP) is 2.94. The van der Waals surface area contributed by atoms with Crippen LogP contribution >= 0.6 is 0 Å². The topological polar surface area (TPSA) is 47.3 Å². The van der Waals surface area contributed by atoms with Gasteiger partial charge in [0.05, 0.1) is 5.60 Å². The zero-order chi connectivity index (χ0) is 14.4. The molecule has 3 heteroatoms. The first kappa shape index (κ1) is 16.9. The van der Waals surface area contributed by atoms with E-state index in [-0.39, 0.29) is 5.60 Å². The molecule has 1 saturated heterocycles. The molecule has 114 valence electrons. The Hall–Kier alpha value is -0.120.